The van der Waals surface area contributed by atoms with E-state index < -0.39 is 23.8 Å². The number of carbonyl (C=O) groups is 1. The van der Waals surface area contributed by atoms with Crippen LogP contribution in [0.1, 0.15) is 27.3 Å². The van der Waals surface area contributed by atoms with E-state index in [1.165, 1.54) is 16.8 Å². The lowest BCUT2D eigenvalue weighted by molar-refractivity contribution is -0.137. The summed E-state index contributed by atoms with van der Waals surface area (Å²) in [5.74, 6) is 0.541. The number of nitrogens with zero attached hydrogens (tertiary/aromatic N) is 3. The van der Waals surface area contributed by atoms with Crippen molar-refractivity contribution < 1.29 is 32.2 Å². The van der Waals surface area contributed by atoms with E-state index in [1.807, 2.05) is 12.1 Å². The summed E-state index contributed by atoms with van der Waals surface area (Å²) in [4.78, 5) is 12.4. The molecule has 0 N–H and O–H groups in total. The van der Waals surface area contributed by atoms with Gasteiger partial charge in [0, 0.05) is 0 Å². The van der Waals surface area contributed by atoms with Crippen molar-refractivity contribution in [3.05, 3.63) is 71.0 Å². The van der Waals surface area contributed by atoms with Gasteiger partial charge in [-0.25, -0.2) is 9.48 Å². The number of halogens is 3. The smallest absolute Gasteiger partial charge is 0.416 e. The molecule has 0 spiro atoms. The molecular formula is C21H18F3N3O4. The zero-order valence-electron chi connectivity index (χ0n) is 16.4. The van der Waals surface area contributed by atoms with Crippen LogP contribution in [0.3, 0.4) is 0 Å². The third-order valence-corrected chi connectivity index (χ3v) is 4.76. The number of rotatable bonds is 5. The average Bonchev–Trinajstić information content (AvgIpc) is 3.12. The van der Waals surface area contributed by atoms with Gasteiger partial charge in [-0.2, -0.15) is 13.2 Å². The summed E-state index contributed by atoms with van der Waals surface area (Å²) in [5.41, 5.74) is 0.333. The molecule has 1 unspecified atom stereocenters. The summed E-state index contributed by atoms with van der Waals surface area (Å²) in [5, 5.41) is 7.77. The molecule has 2 aromatic carbocycles. The molecule has 4 rings (SSSR count). The Bertz CT molecular complexity index is 1080. The number of ether oxygens (including phenoxy) is 3. The van der Waals surface area contributed by atoms with Crippen molar-refractivity contribution in [3.8, 4) is 11.5 Å². The second-order valence-electron chi connectivity index (χ2n) is 6.97. The zero-order chi connectivity index (χ0) is 22.0. The molecule has 1 aliphatic heterocycles. The average molecular weight is 433 g/mol. The Morgan fingerprint density at radius 1 is 1.16 bits per heavy atom. The molecule has 0 saturated heterocycles. The Morgan fingerprint density at radius 3 is 2.58 bits per heavy atom. The van der Waals surface area contributed by atoms with Gasteiger partial charge in [-0.3, -0.25) is 0 Å². The molecule has 0 fully saturated rings. The summed E-state index contributed by atoms with van der Waals surface area (Å²) in [6, 6.07) is 11.9. The van der Waals surface area contributed by atoms with Gasteiger partial charge in [0.25, 0.3) is 0 Å². The van der Waals surface area contributed by atoms with Gasteiger partial charge in [0.1, 0.15) is 13.2 Å². The molecule has 1 aromatic heterocycles. The van der Waals surface area contributed by atoms with E-state index in [4.69, 9.17) is 14.2 Å². The molecule has 0 radical (unpaired) electrons. The Labute approximate surface area is 175 Å². The summed E-state index contributed by atoms with van der Waals surface area (Å²) in [6.45, 7) is 2.01. The third-order valence-electron chi connectivity index (χ3n) is 4.76. The number of benzene rings is 2. The van der Waals surface area contributed by atoms with Crippen molar-refractivity contribution in [2.45, 2.75) is 25.7 Å². The highest BCUT2D eigenvalue weighted by Crippen LogP contribution is 2.31. The molecule has 0 bridgehead atoms. The molecule has 3 aromatic rings. The molecule has 7 nitrogen and oxygen atoms in total. The van der Waals surface area contributed by atoms with Crippen LogP contribution in [0.15, 0.2) is 48.5 Å². The first-order chi connectivity index (χ1) is 14.8. The van der Waals surface area contributed by atoms with Crippen molar-refractivity contribution in [3.63, 3.8) is 0 Å². The second-order valence-corrected chi connectivity index (χ2v) is 6.97. The number of para-hydroxylation sites is 2. The number of alkyl halides is 3. The largest absolute Gasteiger partial charge is 0.486 e. The first kappa shape index (κ1) is 20.7. The van der Waals surface area contributed by atoms with Crippen LogP contribution in [0.25, 0.3) is 0 Å². The summed E-state index contributed by atoms with van der Waals surface area (Å²) in [7, 11) is 0. The highest BCUT2D eigenvalue weighted by Gasteiger charge is 2.30. The zero-order valence-corrected chi connectivity index (χ0v) is 16.4. The van der Waals surface area contributed by atoms with E-state index >= 15 is 0 Å². The summed E-state index contributed by atoms with van der Waals surface area (Å²) >= 11 is 0. The first-order valence-corrected chi connectivity index (χ1v) is 9.43. The number of hydrogen-bond donors (Lipinski definition) is 0. The predicted octanol–water partition coefficient (Wildman–Crippen LogP) is 3.65. The SMILES string of the molecule is Cc1c(C(=O)OCC2COc3ccccc3O2)nnn1Cc1ccc(C(F)(F)F)cc1. The first-order valence-electron chi connectivity index (χ1n) is 9.43. The van der Waals surface area contributed by atoms with E-state index in [9.17, 15) is 18.0 Å². The third kappa shape index (κ3) is 4.62. The number of hydrogen-bond acceptors (Lipinski definition) is 6. The number of esters is 1. The fraction of sp³-hybridized carbons (Fsp3) is 0.286. The lowest BCUT2D eigenvalue weighted by Gasteiger charge is -2.25. The van der Waals surface area contributed by atoms with Crippen molar-refractivity contribution >= 4 is 5.97 Å². The van der Waals surface area contributed by atoms with Crippen LogP contribution in [0.4, 0.5) is 13.2 Å². The Morgan fingerprint density at radius 2 is 1.87 bits per heavy atom. The van der Waals surface area contributed by atoms with Gasteiger partial charge in [0.15, 0.2) is 23.3 Å². The van der Waals surface area contributed by atoms with Gasteiger partial charge in [0.2, 0.25) is 0 Å². The highest BCUT2D eigenvalue weighted by molar-refractivity contribution is 5.88. The van der Waals surface area contributed by atoms with Crippen LogP contribution in [0.2, 0.25) is 0 Å². The molecule has 10 heteroatoms. The van der Waals surface area contributed by atoms with Crippen molar-refractivity contribution in [1.82, 2.24) is 15.0 Å². The predicted molar refractivity (Wildman–Crippen MR) is 102 cm³/mol. The molecule has 0 saturated carbocycles. The molecule has 0 aliphatic carbocycles. The van der Waals surface area contributed by atoms with E-state index in [-0.39, 0.29) is 25.5 Å². The molecule has 1 atom stereocenters. The monoisotopic (exact) mass is 433 g/mol. The normalized spacial score (nSPS) is 15.5. The Hall–Kier alpha value is -3.56. The van der Waals surface area contributed by atoms with E-state index in [0.717, 1.165) is 12.1 Å². The van der Waals surface area contributed by atoms with Crippen LogP contribution in [-0.2, 0) is 17.5 Å². The van der Waals surface area contributed by atoms with Crippen LogP contribution in [0, 0.1) is 6.92 Å². The quantitative estimate of drug-likeness (QED) is 0.572. The van der Waals surface area contributed by atoms with Crippen LogP contribution < -0.4 is 9.47 Å². The number of fused-ring (bicyclic) bond motifs is 1. The number of carbonyl (C=O) groups excluding carboxylic acids is 1. The fourth-order valence-corrected chi connectivity index (χ4v) is 3.05. The maximum absolute atomic E-state index is 12.7. The van der Waals surface area contributed by atoms with Crippen molar-refractivity contribution in [2.75, 3.05) is 13.2 Å². The van der Waals surface area contributed by atoms with Crippen molar-refractivity contribution in [2.24, 2.45) is 0 Å². The molecular weight excluding hydrogens is 415 g/mol. The molecule has 0 amide bonds. The van der Waals surface area contributed by atoms with Crippen LogP contribution >= 0.6 is 0 Å². The van der Waals surface area contributed by atoms with Gasteiger partial charge in [0.05, 0.1) is 17.8 Å². The van der Waals surface area contributed by atoms with Gasteiger partial charge in [-0.05, 0) is 36.8 Å². The van der Waals surface area contributed by atoms with Gasteiger partial charge in [-0.15, -0.1) is 5.10 Å². The van der Waals surface area contributed by atoms with Gasteiger partial charge in [-0.1, -0.05) is 29.5 Å². The topological polar surface area (TPSA) is 75.5 Å². The minimum atomic E-state index is -4.40. The Kier molecular flexibility index (Phi) is 5.53. The van der Waals surface area contributed by atoms with E-state index in [2.05, 4.69) is 10.3 Å². The molecule has 31 heavy (non-hydrogen) atoms. The number of aromatic nitrogens is 3. The van der Waals surface area contributed by atoms with Crippen LogP contribution in [-0.4, -0.2) is 40.3 Å². The van der Waals surface area contributed by atoms with Crippen molar-refractivity contribution in [1.29, 1.82) is 0 Å². The summed E-state index contributed by atoms with van der Waals surface area (Å²) < 4.78 is 56.1. The minimum Gasteiger partial charge on any atom is -0.486 e. The molecule has 1 aliphatic rings. The van der Waals surface area contributed by atoms with Gasteiger partial charge < -0.3 is 14.2 Å². The second kappa shape index (κ2) is 8.29. The van der Waals surface area contributed by atoms with E-state index in [0.29, 0.717) is 22.8 Å². The molecule has 162 valence electrons. The maximum Gasteiger partial charge on any atom is 0.416 e. The lowest BCUT2D eigenvalue weighted by Crippen LogP contribution is -2.34. The summed E-state index contributed by atoms with van der Waals surface area (Å²) in [6.07, 6.45) is -4.85. The Balaban J connectivity index is 1.36. The standard InChI is InChI=1S/C21H18F3N3O4/c1-13-19(20(28)30-12-16-11-29-17-4-2-3-5-18(17)31-16)25-26-27(13)10-14-6-8-15(9-7-14)21(22,23)24/h2-9,16H,10-12H2,1H3. The maximum atomic E-state index is 12.7. The lowest BCUT2D eigenvalue weighted by atomic mass is 10.1. The minimum absolute atomic E-state index is 0.0294. The van der Waals surface area contributed by atoms with E-state index in [1.54, 1.807) is 19.1 Å². The molecule has 2 heterocycles. The fourth-order valence-electron chi connectivity index (χ4n) is 3.05. The van der Waals surface area contributed by atoms with Crippen LogP contribution in [0.5, 0.6) is 11.5 Å². The highest BCUT2D eigenvalue weighted by atomic mass is 19.4. The van der Waals surface area contributed by atoms with Gasteiger partial charge >= 0.3 is 12.1 Å².